The number of hydrogen-bond donors (Lipinski definition) is 2. The maximum Gasteiger partial charge on any atom is 0.330 e. The Morgan fingerprint density at radius 1 is 1.15 bits per heavy atom. The van der Waals surface area contributed by atoms with Crippen LogP contribution in [0.25, 0.3) is 0 Å². The predicted molar refractivity (Wildman–Crippen MR) is 127 cm³/mol. The van der Waals surface area contributed by atoms with Crippen LogP contribution < -0.4 is 21.9 Å². The molecule has 8 nitrogen and oxygen atoms in total. The highest BCUT2D eigenvalue weighted by atomic mass is 32.2. The second kappa shape index (κ2) is 11.5. The zero-order valence-corrected chi connectivity index (χ0v) is 18.9. The van der Waals surface area contributed by atoms with Gasteiger partial charge < -0.3 is 15.4 Å². The van der Waals surface area contributed by atoms with Crippen molar-refractivity contribution in [3.63, 3.8) is 0 Å². The summed E-state index contributed by atoms with van der Waals surface area (Å²) in [7, 11) is 1.54. The Kier molecular flexibility index (Phi) is 8.45. The molecule has 1 heterocycles. The summed E-state index contributed by atoms with van der Waals surface area (Å²) >= 11 is 1.21. The van der Waals surface area contributed by atoms with Gasteiger partial charge in [0.1, 0.15) is 11.6 Å². The van der Waals surface area contributed by atoms with Crippen molar-refractivity contribution >= 4 is 29.2 Å². The van der Waals surface area contributed by atoms with Crippen LogP contribution in [0.4, 0.5) is 15.9 Å². The second-order valence-electron chi connectivity index (χ2n) is 7.20. The minimum Gasteiger partial charge on any atom is -0.385 e. The molecule has 0 aliphatic rings. The van der Waals surface area contributed by atoms with Gasteiger partial charge in [0.05, 0.1) is 12.3 Å². The van der Waals surface area contributed by atoms with E-state index in [9.17, 15) is 18.8 Å². The fourth-order valence-corrected chi connectivity index (χ4v) is 4.02. The van der Waals surface area contributed by atoms with E-state index < -0.39 is 11.2 Å². The van der Waals surface area contributed by atoms with Crippen LogP contribution in [0.5, 0.6) is 0 Å². The number of H-pyrrole nitrogens is 1. The van der Waals surface area contributed by atoms with Gasteiger partial charge in [-0.2, -0.15) is 0 Å². The Morgan fingerprint density at radius 3 is 2.52 bits per heavy atom. The van der Waals surface area contributed by atoms with Crippen molar-refractivity contribution in [3.05, 3.63) is 86.8 Å². The highest BCUT2D eigenvalue weighted by Gasteiger charge is 2.24. The third-order valence-electron chi connectivity index (χ3n) is 4.87. The number of carbonyl (C=O) groups is 1. The van der Waals surface area contributed by atoms with E-state index in [0.29, 0.717) is 17.9 Å². The SMILES string of the molecule is COCCCN(C(=O)CSc1ccc(F)cc1)c1c(N)n(Cc2ccccc2)c(=O)[nH]c1=O. The summed E-state index contributed by atoms with van der Waals surface area (Å²) in [5, 5.41) is 0. The number of carbonyl (C=O) groups excluding carboxylic acids is 1. The molecule has 0 saturated carbocycles. The summed E-state index contributed by atoms with van der Waals surface area (Å²) in [5.74, 6) is -0.838. The number of anilines is 2. The van der Waals surface area contributed by atoms with Crippen LogP contribution in [-0.4, -0.2) is 41.5 Å². The minimum absolute atomic E-state index is 0.00466. The van der Waals surface area contributed by atoms with E-state index in [1.165, 1.54) is 40.5 Å². The topological polar surface area (TPSA) is 110 Å². The molecule has 0 atom stereocenters. The van der Waals surface area contributed by atoms with E-state index in [0.717, 1.165) is 5.56 Å². The third kappa shape index (κ3) is 6.33. The molecule has 10 heteroatoms. The lowest BCUT2D eigenvalue weighted by Gasteiger charge is -2.24. The highest BCUT2D eigenvalue weighted by Crippen LogP contribution is 2.23. The van der Waals surface area contributed by atoms with Gasteiger partial charge in [0, 0.05) is 25.2 Å². The van der Waals surface area contributed by atoms with E-state index in [1.54, 1.807) is 12.1 Å². The molecular formula is C23H25FN4O4S. The van der Waals surface area contributed by atoms with Gasteiger partial charge in [0.15, 0.2) is 5.69 Å². The summed E-state index contributed by atoms with van der Waals surface area (Å²) < 4.78 is 19.5. The summed E-state index contributed by atoms with van der Waals surface area (Å²) in [6.45, 7) is 0.684. The van der Waals surface area contributed by atoms with Crippen molar-refractivity contribution in [1.29, 1.82) is 0 Å². The number of aromatic amines is 1. The van der Waals surface area contributed by atoms with Gasteiger partial charge in [0.2, 0.25) is 5.91 Å². The average Bonchev–Trinajstić information content (AvgIpc) is 2.81. The Bertz CT molecular complexity index is 1200. The quantitative estimate of drug-likeness (QED) is 0.347. The van der Waals surface area contributed by atoms with Crippen LogP contribution in [0.15, 0.2) is 69.1 Å². The zero-order chi connectivity index (χ0) is 23.8. The second-order valence-corrected chi connectivity index (χ2v) is 8.25. The van der Waals surface area contributed by atoms with Crippen LogP contribution in [0.1, 0.15) is 12.0 Å². The molecule has 0 bridgehead atoms. The first-order chi connectivity index (χ1) is 15.9. The number of thioether (sulfide) groups is 1. The van der Waals surface area contributed by atoms with E-state index in [4.69, 9.17) is 10.5 Å². The van der Waals surface area contributed by atoms with Crippen LogP contribution in [0, 0.1) is 5.82 Å². The molecule has 3 rings (SSSR count). The number of methoxy groups -OCH3 is 1. The summed E-state index contributed by atoms with van der Waals surface area (Å²) in [4.78, 5) is 42.6. The van der Waals surface area contributed by atoms with Crippen LogP contribution in [0.2, 0.25) is 0 Å². The van der Waals surface area contributed by atoms with E-state index in [1.807, 2.05) is 30.3 Å². The largest absolute Gasteiger partial charge is 0.385 e. The van der Waals surface area contributed by atoms with Gasteiger partial charge in [-0.25, -0.2) is 9.18 Å². The maximum absolute atomic E-state index is 13.1. The monoisotopic (exact) mass is 472 g/mol. The first kappa shape index (κ1) is 24.3. The molecule has 0 saturated heterocycles. The highest BCUT2D eigenvalue weighted by molar-refractivity contribution is 8.00. The molecule has 1 amide bonds. The smallest absolute Gasteiger partial charge is 0.330 e. The maximum atomic E-state index is 13.1. The number of ether oxygens (including phenoxy) is 1. The van der Waals surface area contributed by atoms with Crippen LogP contribution in [-0.2, 0) is 16.1 Å². The third-order valence-corrected chi connectivity index (χ3v) is 5.87. The molecule has 3 aromatic rings. The molecule has 0 radical (unpaired) electrons. The Labute approximate surface area is 194 Å². The Morgan fingerprint density at radius 2 is 1.85 bits per heavy atom. The number of nitrogens with two attached hydrogens (primary N) is 1. The van der Waals surface area contributed by atoms with Gasteiger partial charge in [-0.3, -0.25) is 19.1 Å². The fourth-order valence-electron chi connectivity index (χ4n) is 3.24. The first-order valence-electron chi connectivity index (χ1n) is 10.2. The number of rotatable bonds is 10. The Hall–Kier alpha value is -3.37. The molecule has 0 fully saturated rings. The predicted octanol–water partition coefficient (Wildman–Crippen LogP) is 2.47. The molecule has 3 N–H and O–H groups in total. The van der Waals surface area contributed by atoms with Crippen LogP contribution in [0.3, 0.4) is 0 Å². The number of aromatic nitrogens is 2. The van der Waals surface area contributed by atoms with E-state index in [2.05, 4.69) is 4.98 Å². The van der Waals surface area contributed by atoms with Crippen molar-refractivity contribution in [2.75, 3.05) is 36.6 Å². The molecule has 0 aliphatic heterocycles. The fraction of sp³-hybridized carbons (Fsp3) is 0.261. The van der Waals surface area contributed by atoms with E-state index in [-0.39, 0.29) is 42.1 Å². The number of halogens is 1. The molecule has 174 valence electrons. The van der Waals surface area contributed by atoms with Gasteiger partial charge in [0.25, 0.3) is 5.56 Å². The number of benzene rings is 2. The zero-order valence-electron chi connectivity index (χ0n) is 18.1. The lowest BCUT2D eigenvalue weighted by atomic mass is 10.2. The lowest BCUT2D eigenvalue weighted by molar-refractivity contribution is -0.116. The molecular weight excluding hydrogens is 447 g/mol. The molecule has 0 unspecified atom stereocenters. The number of hydrogen-bond acceptors (Lipinski definition) is 6. The van der Waals surface area contributed by atoms with Gasteiger partial charge in [-0.1, -0.05) is 30.3 Å². The molecule has 33 heavy (non-hydrogen) atoms. The van der Waals surface area contributed by atoms with Gasteiger partial charge in [-0.05, 0) is 36.2 Å². The Balaban J connectivity index is 1.92. The van der Waals surface area contributed by atoms with Crippen molar-refractivity contribution < 1.29 is 13.9 Å². The van der Waals surface area contributed by atoms with Crippen molar-refractivity contribution in [3.8, 4) is 0 Å². The van der Waals surface area contributed by atoms with Crippen molar-refractivity contribution in [2.24, 2.45) is 0 Å². The number of nitrogens with zero attached hydrogens (tertiary/aromatic N) is 2. The molecule has 0 aliphatic carbocycles. The number of amides is 1. The molecule has 2 aromatic carbocycles. The first-order valence-corrected chi connectivity index (χ1v) is 11.2. The summed E-state index contributed by atoms with van der Waals surface area (Å²) in [5.41, 5.74) is 5.61. The number of nitrogens with one attached hydrogen (secondary N) is 1. The van der Waals surface area contributed by atoms with Gasteiger partial charge in [-0.15, -0.1) is 11.8 Å². The average molecular weight is 473 g/mol. The van der Waals surface area contributed by atoms with Crippen LogP contribution >= 0.6 is 11.8 Å². The summed E-state index contributed by atoms with van der Waals surface area (Å²) in [6, 6.07) is 14.9. The molecule has 0 spiro atoms. The molecule has 1 aromatic heterocycles. The standard InChI is InChI=1S/C23H25FN4O4S/c1-32-13-5-12-27(19(29)15-33-18-10-8-17(24)9-11-18)20-21(25)28(23(31)26-22(20)30)14-16-6-3-2-4-7-16/h2-4,6-11H,5,12-15,25H2,1H3,(H,26,30,31). The summed E-state index contributed by atoms with van der Waals surface area (Å²) in [6.07, 6.45) is 0.458. The van der Waals surface area contributed by atoms with Gasteiger partial charge >= 0.3 is 5.69 Å². The number of nitrogen functional groups attached to an aromatic ring is 1. The van der Waals surface area contributed by atoms with Crippen molar-refractivity contribution in [1.82, 2.24) is 9.55 Å². The van der Waals surface area contributed by atoms with E-state index >= 15 is 0 Å². The minimum atomic E-state index is -0.737. The van der Waals surface area contributed by atoms with Crippen molar-refractivity contribution in [2.45, 2.75) is 17.9 Å². The lowest BCUT2D eigenvalue weighted by Crippen LogP contribution is -2.42. The normalized spacial score (nSPS) is 10.8.